The summed E-state index contributed by atoms with van der Waals surface area (Å²) in [4.78, 5) is 25.3. The number of rotatable bonds is 7. The van der Waals surface area contributed by atoms with Crippen LogP contribution in [0.4, 0.5) is 0 Å². The first-order valence-corrected chi connectivity index (χ1v) is 11.3. The quantitative estimate of drug-likeness (QED) is 0.429. The zero-order valence-electron chi connectivity index (χ0n) is 19.2. The number of carboxylic acid groups (broad SMARTS) is 2. The maximum absolute atomic E-state index is 11.9. The number of piperidine rings is 1. The number of hydrogen-bond acceptors (Lipinski definition) is 7. The Labute approximate surface area is 210 Å². The van der Waals surface area contributed by atoms with Gasteiger partial charge in [0.15, 0.2) is 11.5 Å². The Kier molecular flexibility index (Phi) is 7.53. The zero-order valence-corrected chi connectivity index (χ0v) is 20.8. The average Bonchev–Trinajstić information content (AvgIpc) is 3.10. The number of nitrogens with zero attached hydrogens (tertiary/aromatic N) is 1. The van der Waals surface area contributed by atoms with Crippen LogP contribution in [0.5, 0.6) is 17.2 Å². The third-order valence-electron chi connectivity index (χ3n) is 8.26. The molecule has 0 radical (unpaired) electrons. The molecule has 6 atom stereocenters. The van der Waals surface area contributed by atoms with Crippen LogP contribution >= 0.6 is 24.8 Å². The summed E-state index contributed by atoms with van der Waals surface area (Å²) in [6.45, 7) is 0.895. The summed E-state index contributed by atoms with van der Waals surface area (Å²) < 4.78 is 12.1. The van der Waals surface area contributed by atoms with E-state index in [0.717, 1.165) is 43.4 Å². The van der Waals surface area contributed by atoms with Gasteiger partial charge in [-0.15, -0.1) is 24.8 Å². The highest BCUT2D eigenvalue weighted by atomic mass is 35.5. The number of aromatic hydroxyl groups is 1. The van der Waals surface area contributed by atoms with Gasteiger partial charge in [0.2, 0.25) is 0 Å². The van der Waals surface area contributed by atoms with Crippen molar-refractivity contribution < 1.29 is 34.4 Å². The number of phenolic OH excluding ortho intramolecular Hbond substituents is 1. The number of ether oxygens (including phenoxy) is 2. The lowest BCUT2D eigenvalue weighted by molar-refractivity contribution is -0.141. The molecule has 1 aromatic carbocycles. The normalized spacial score (nSPS) is 31.2. The fraction of sp³-hybridized carbons (Fsp3) is 0.652. The highest BCUT2D eigenvalue weighted by Crippen LogP contribution is 2.65. The van der Waals surface area contributed by atoms with Gasteiger partial charge >= 0.3 is 11.9 Å². The minimum atomic E-state index is -1.06. The number of likely N-dealkylation sites (tertiary alicyclic amines) is 1. The highest BCUT2D eigenvalue weighted by Gasteiger charge is 2.66. The van der Waals surface area contributed by atoms with Crippen LogP contribution in [0.3, 0.4) is 0 Å². The summed E-state index contributed by atoms with van der Waals surface area (Å²) in [6.07, 6.45) is 2.80. The number of likely N-dealkylation sites (N-methyl/N-ethyl adjacent to an activating group) is 1. The summed E-state index contributed by atoms with van der Waals surface area (Å²) >= 11 is 0. The Morgan fingerprint density at radius 2 is 2.06 bits per heavy atom. The van der Waals surface area contributed by atoms with Gasteiger partial charge in [-0.3, -0.25) is 14.9 Å². The van der Waals surface area contributed by atoms with Crippen molar-refractivity contribution in [2.75, 3.05) is 20.7 Å². The van der Waals surface area contributed by atoms with E-state index in [-0.39, 0.29) is 61.0 Å². The van der Waals surface area contributed by atoms with Crippen LogP contribution in [0.25, 0.3) is 0 Å². The lowest BCUT2D eigenvalue weighted by Crippen LogP contribution is -2.68. The zero-order chi connectivity index (χ0) is 22.8. The first-order chi connectivity index (χ1) is 15.3. The van der Waals surface area contributed by atoms with Gasteiger partial charge in [0.25, 0.3) is 0 Å². The molecule has 1 aromatic rings. The number of halogens is 2. The Morgan fingerprint density at radius 3 is 2.71 bits per heavy atom. The molecule has 4 aliphatic rings. The van der Waals surface area contributed by atoms with Crippen LogP contribution in [0.15, 0.2) is 6.07 Å². The van der Waals surface area contributed by atoms with E-state index in [1.54, 1.807) is 13.2 Å². The molecule has 2 aliphatic carbocycles. The molecule has 190 valence electrons. The molecule has 1 saturated heterocycles. The summed E-state index contributed by atoms with van der Waals surface area (Å²) in [5.74, 6) is -0.506. The Morgan fingerprint density at radius 1 is 1.32 bits per heavy atom. The minimum Gasteiger partial charge on any atom is -0.504 e. The molecule has 9 nitrogen and oxygen atoms in total. The molecule has 2 aliphatic heterocycles. The van der Waals surface area contributed by atoms with Crippen LogP contribution in [0, 0.1) is 5.92 Å². The van der Waals surface area contributed by atoms with Crippen molar-refractivity contribution >= 4 is 36.8 Å². The molecule has 5 rings (SSSR count). The topological polar surface area (TPSA) is 129 Å². The van der Waals surface area contributed by atoms with Crippen molar-refractivity contribution in [3.63, 3.8) is 0 Å². The second-order valence-electron chi connectivity index (χ2n) is 9.64. The average molecular weight is 519 g/mol. The van der Waals surface area contributed by atoms with E-state index in [2.05, 4.69) is 17.3 Å². The second-order valence-corrected chi connectivity index (χ2v) is 9.64. The van der Waals surface area contributed by atoms with Gasteiger partial charge in [0, 0.05) is 41.1 Å². The molecule has 34 heavy (non-hydrogen) atoms. The Balaban J connectivity index is 0.00000162. The number of hydrogen-bond donors (Lipinski definition) is 4. The summed E-state index contributed by atoms with van der Waals surface area (Å²) in [7, 11) is 3.76. The molecule has 1 saturated carbocycles. The molecule has 11 heteroatoms. The predicted molar refractivity (Wildman–Crippen MR) is 128 cm³/mol. The van der Waals surface area contributed by atoms with E-state index >= 15 is 0 Å². The molecule has 0 unspecified atom stereocenters. The summed E-state index contributed by atoms with van der Waals surface area (Å²) in [6, 6.07) is 0.724. The van der Waals surface area contributed by atoms with E-state index in [1.807, 2.05) is 0 Å². The number of carboxylic acids is 2. The van der Waals surface area contributed by atoms with Crippen LogP contribution < -0.4 is 14.8 Å². The SMILES string of the molecule is COc1cc(O)c2c3c1C[C@@H]1[C@@H]4CC[C@H](N[C@@H](CCC(=O)O)C(=O)O)[C@H](O2)[C@]34CCN1C.Cl.Cl. The molecule has 2 fully saturated rings. The van der Waals surface area contributed by atoms with E-state index in [0.29, 0.717) is 23.5 Å². The van der Waals surface area contributed by atoms with Crippen molar-refractivity contribution in [3.05, 3.63) is 17.2 Å². The molecule has 1 spiro atoms. The number of aliphatic carboxylic acids is 2. The lowest BCUT2D eigenvalue weighted by Gasteiger charge is -2.59. The number of nitrogens with one attached hydrogen (secondary N) is 1. The molecule has 2 heterocycles. The van der Waals surface area contributed by atoms with Gasteiger partial charge in [0.1, 0.15) is 17.9 Å². The largest absolute Gasteiger partial charge is 0.504 e. The van der Waals surface area contributed by atoms with Gasteiger partial charge in [0.05, 0.1) is 7.11 Å². The fourth-order valence-corrected chi connectivity index (χ4v) is 6.95. The van der Waals surface area contributed by atoms with Gasteiger partial charge in [-0.1, -0.05) is 0 Å². The Hall–Kier alpha value is -1.94. The third kappa shape index (κ3) is 3.77. The van der Waals surface area contributed by atoms with Gasteiger partial charge in [-0.2, -0.15) is 0 Å². The molecule has 4 N–H and O–H groups in total. The van der Waals surface area contributed by atoms with Crippen LogP contribution in [-0.4, -0.2) is 77.1 Å². The molecular formula is C23H32Cl2N2O7. The number of benzene rings is 1. The van der Waals surface area contributed by atoms with Crippen molar-refractivity contribution in [2.24, 2.45) is 5.92 Å². The smallest absolute Gasteiger partial charge is 0.320 e. The van der Waals surface area contributed by atoms with Crippen molar-refractivity contribution in [3.8, 4) is 17.2 Å². The second kappa shape index (κ2) is 9.60. The Bertz CT molecular complexity index is 977. The summed E-state index contributed by atoms with van der Waals surface area (Å²) in [5.41, 5.74) is 1.80. The van der Waals surface area contributed by atoms with E-state index in [9.17, 15) is 19.8 Å². The van der Waals surface area contributed by atoms with E-state index in [1.165, 1.54) is 0 Å². The van der Waals surface area contributed by atoms with Crippen LogP contribution in [-0.2, 0) is 21.4 Å². The van der Waals surface area contributed by atoms with Crippen molar-refractivity contribution in [1.29, 1.82) is 0 Å². The minimum absolute atomic E-state index is 0. The van der Waals surface area contributed by atoms with Crippen LogP contribution in [0.1, 0.15) is 43.2 Å². The first-order valence-electron chi connectivity index (χ1n) is 11.3. The van der Waals surface area contributed by atoms with Crippen molar-refractivity contribution in [2.45, 2.75) is 68.2 Å². The monoisotopic (exact) mass is 518 g/mol. The lowest BCUT2D eigenvalue weighted by atomic mass is 9.51. The number of carbonyl (C=O) groups is 2. The molecular weight excluding hydrogens is 487 g/mol. The van der Waals surface area contributed by atoms with Gasteiger partial charge in [-0.25, -0.2) is 0 Å². The molecule has 0 amide bonds. The predicted octanol–water partition coefficient (Wildman–Crippen LogP) is 2.19. The van der Waals surface area contributed by atoms with Gasteiger partial charge < -0.3 is 29.7 Å². The highest BCUT2D eigenvalue weighted by molar-refractivity contribution is 5.85. The standard InChI is InChI=1S/C23H30N2O7.2ClH/c1-25-8-7-23-12-3-4-13(24-14(22(29)30)5-6-18(27)28)21(23)32-20-16(26)10-17(31-2)11(19(20)23)9-15(12)25;;/h10,12-15,21,24,26H,3-9H2,1-2H3,(H,27,28)(H,29,30);2*1H/t12-,13-,14-,15+,21-,23-;;/m0../s1. The van der Waals surface area contributed by atoms with Crippen molar-refractivity contribution in [1.82, 2.24) is 10.2 Å². The van der Waals surface area contributed by atoms with E-state index < -0.39 is 18.0 Å². The fourth-order valence-electron chi connectivity index (χ4n) is 6.95. The number of phenols is 1. The van der Waals surface area contributed by atoms with Gasteiger partial charge in [-0.05, 0) is 51.6 Å². The third-order valence-corrected chi connectivity index (χ3v) is 8.26. The number of methoxy groups -OCH3 is 1. The van der Waals surface area contributed by atoms with E-state index in [4.69, 9.17) is 14.6 Å². The summed E-state index contributed by atoms with van der Waals surface area (Å²) in [5, 5.41) is 32.7. The maximum atomic E-state index is 11.9. The first kappa shape index (κ1) is 26.7. The molecule has 2 bridgehead atoms. The maximum Gasteiger partial charge on any atom is 0.320 e. The van der Waals surface area contributed by atoms with Crippen LogP contribution in [0.2, 0.25) is 0 Å². The molecule has 0 aromatic heterocycles.